The lowest BCUT2D eigenvalue weighted by atomic mass is 9.55. The van der Waals surface area contributed by atoms with Gasteiger partial charge in [-0.1, -0.05) is 55.5 Å². The summed E-state index contributed by atoms with van der Waals surface area (Å²) in [5.41, 5.74) is 2.13. The Balaban J connectivity index is 1.16. The van der Waals surface area contributed by atoms with E-state index >= 15 is 0 Å². The normalized spacial score (nSPS) is 38.7. The summed E-state index contributed by atoms with van der Waals surface area (Å²) in [6.07, 6.45) is 13.9. The summed E-state index contributed by atoms with van der Waals surface area (Å²) in [6, 6.07) is 11.3. The standard InChI is InChI=1S/C42H44N4O6/c1-5-38-13-9-17-45-18-15-40(34(38)45)27-20-24(31(47)21-29(27)43-32(40)25(22-38)33(48)51-3)30-12-14-39(6-2)23-42(37(50)52-4)36(49)44-28-11-8-7-10-26(28)41(42)16-19-46(30)35(39)41/h6-14,20-21,30,34-35,43,47H,2,5,15-19,22-23H2,1,3-4H3,(H,44,49)/t30-,34+,35+,38+,39+,40+,41-,42+/m1/s1. The second kappa shape index (κ2) is 10.3. The zero-order valence-electron chi connectivity index (χ0n) is 29.8. The molecule has 8 atom stereocenters. The SMILES string of the molecule is C=C[C@]12C=C[C@H](c3cc4c(cc3O)NC3=C(C(=O)OC)C[C@]5(CC)C=CCN6CC[C@@]34[C@@H]65)N3CC[C@@]4(c5ccccc5NC(=O)[C@]4(C(=O)OC)C1)[C@@H]32. The van der Waals surface area contributed by atoms with Crippen molar-refractivity contribution in [3.63, 3.8) is 0 Å². The minimum atomic E-state index is -1.47. The molecule has 0 aromatic heterocycles. The van der Waals surface area contributed by atoms with Gasteiger partial charge in [-0.15, -0.1) is 6.58 Å². The maximum absolute atomic E-state index is 14.4. The maximum Gasteiger partial charge on any atom is 0.335 e. The third-order valence-corrected chi connectivity index (χ3v) is 14.8. The number of rotatable bonds is 5. The highest BCUT2D eigenvalue weighted by atomic mass is 16.5. The van der Waals surface area contributed by atoms with Gasteiger partial charge in [0.1, 0.15) is 5.75 Å². The molecule has 10 rings (SSSR count). The van der Waals surface area contributed by atoms with Gasteiger partial charge in [0.05, 0.1) is 31.2 Å². The molecule has 6 heterocycles. The van der Waals surface area contributed by atoms with Crippen LogP contribution in [0.2, 0.25) is 0 Å². The van der Waals surface area contributed by atoms with Crippen LogP contribution in [0.25, 0.3) is 0 Å². The first-order valence-electron chi connectivity index (χ1n) is 18.6. The number of phenolic OH excluding ortho intramolecular Hbond substituents is 1. The van der Waals surface area contributed by atoms with E-state index in [1.165, 1.54) is 14.2 Å². The highest BCUT2D eigenvalue weighted by Gasteiger charge is 2.80. The van der Waals surface area contributed by atoms with Crippen LogP contribution in [0.5, 0.6) is 5.75 Å². The number of anilines is 2. The van der Waals surface area contributed by atoms with Crippen LogP contribution in [-0.2, 0) is 34.7 Å². The van der Waals surface area contributed by atoms with Crippen LogP contribution in [0, 0.1) is 16.2 Å². The molecule has 8 aliphatic rings. The van der Waals surface area contributed by atoms with Gasteiger partial charge < -0.3 is 25.2 Å². The molecule has 2 aromatic rings. The number of aromatic hydroxyl groups is 1. The van der Waals surface area contributed by atoms with E-state index in [1.54, 1.807) is 0 Å². The molecule has 2 spiro atoms. The molecular weight excluding hydrogens is 656 g/mol. The van der Waals surface area contributed by atoms with E-state index in [9.17, 15) is 19.5 Å². The van der Waals surface area contributed by atoms with Crippen molar-refractivity contribution in [3.8, 4) is 5.75 Å². The number of benzene rings is 2. The second-order valence-electron chi connectivity index (χ2n) is 16.3. The molecule has 1 saturated carbocycles. The first-order valence-corrected chi connectivity index (χ1v) is 18.6. The topological polar surface area (TPSA) is 120 Å². The fourth-order valence-electron chi connectivity index (χ4n) is 13.0. The van der Waals surface area contributed by atoms with Gasteiger partial charge in [0.25, 0.3) is 0 Å². The van der Waals surface area contributed by atoms with Crippen molar-refractivity contribution in [1.29, 1.82) is 0 Å². The van der Waals surface area contributed by atoms with Gasteiger partial charge in [0, 0.05) is 76.7 Å². The van der Waals surface area contributed by atoms with Crippen molar-refractivity contribution in [2.24, 2.45) is 16.2 Å². The molecule has 2 aliphatic carbocycles. The Kier molecular flexibility index (Phi) is 6.32. The molecular formula is C42H44N4O6. The third kappa shape index (κ3) is 3.34. The molecule has 10 nitrogen and oxygen atoms in total. The number of phenols is 1. The van der Waals surface area contributed by atoms with Gasteiger partial charge in [0.2, 0.25) is 5.91 Å². The largest absolute Gasteiger partial charge is 0.508 e. The molecule has 10 heteroatoms. The van der Waals surface area contributed by atoms with Crippen LogP contribution >= 0.6 is 0 Å². The van der Waals surface area contributed by atoms with E-state index in [2.05, 4.69) is 64.3 Å². The fraction of sp³-hybridized carbons (Fsp3) is 0.452. The number of esters is 2. The molecule has 3 fully saturated rings. The number of carbonyl (C=O) groups excluding carboxylic acids is 3. The quantitative estimate of drug-likeness (QED) is 0.219. The van der Waals surface area contributed by atoms with E-state index in [1.807, 2.05) is 36.4 Å². The maximum atomic E-state index is 14.4. The Bertz CT molecular complexity index is 2120. The van der Waals surface area contributed by atoms with Crippen LogP contribution in [-0.4, -0.2) is 78.7 Å². The zero-order valence-corrected chi connectivity index (χ0v) is 29.8. The van der Waals surface area contributed by atoms with Gasteiger partial charge in [-0.05, 0) is 55.4 Å². The molecule has 1 amide bonds. The second-order valence-corrected chi connectivity index (χ2v) is 16.3. The lowest BCUT2D eigenvalue weighted by Crippen LogP contribution is -2.61. The van der Waals surface area contributed by atoms with Crippen molar-refractivity contribution in [2.45, 2.75) is 68.0 Å². The van der Waals surface area contributed by atoms with E-state index in [-0.39, 0.29) is 47.6 Å². The molecule has 0 bridgehead atoms. The van der Waals surface area contributed by atoms with Crippen molar-refractivity contribution >= 4 is 29.2 Å². The van der Waals surface area contributed by atoms with Crippen LogP contribution < -0.4 is 10.6 Å². The van der Waals surface area contributed by atoms with Gasteiger partial charge in [-0.25, -0.2) is 4.79 Å². The molecule has 0 unspecified atom stereocenters. The molecule has 0 radical (unpaired) electrons. The Morgan fingerprint density at radius 1 is 1.04 bits per heavy atom. The van der Waals surface area contributed by atoms with Crippen LogP contribution in [0.1, 0.15) is 61.8 Å². The Morgan fingerprint density at radius 3 is 2.63 bits per heavy atom. The summed E-state index contributed by atoms with van der Waals surface area (Å²) < 4.78 is 10.9. The highest BCUT2D eigenvalue weighted by Crippen LogP contribution is 2.73. The van der Waals surface area contributed by atoms with Gasteiger partial charge in [0.15, 0.2) is 5.41 Å². The lowest BCUT2D eigenvalue weighted by molar-refractivity contribution is -0.162. The Morgan fingerprint density at radius 2 is 1.87 bits per heavy atom. The molecule has 2 saturated heterocycles. The first-order chi connectivity index (χ1) is 25.1. The summed E-state index contributed by atoms with van der Waals surface area (Å²) in [6.45, 7) is 8.87. The molecule has 268 valence electrons. The summed E-state index contributed by atoms with van der Waals surface area (Å²) in [5, 5.41) is 18.7. The van der Waals surface area contributed by atoms with Crippen molar-refractivity contribution in [1.82, 2.24) is 9.80 Å². The summed E-state index contributed by atoms with van der Waals surface area (Å²) in [7, 11) is 2.81. The Hall–Kier alpha value is -4.67. The van der Waals surface area contributed by atoms with Gasteiger partial charge in [-0.3, -0.25) is 19.4 Å². The molecule has 6 aliphatic heterocycles. The molecule has 52 heavy (non-hydrogen) atoms. The van der Waals surface area contributed by atoms with Crippen molar-refractivity contribution in [2.75, 3.05) is 44.5 Å². The minimum absolute atomic E-state index is 0.141. The average Bonchev–Trinajstić information content (AvgIpc) is 3.92. The zero-order chi connectivity index (χ0) is 36.0. The highest BCUT2D eigenvalue weighted by molar-refractivity contribution is 6.14. The predicted molar refractivity (Wildman–Crippen MR) is 194 cm³/mol. The van der Waals surface area contributed by atoms with E-state index in [0.717, 1.165) is 59.7 Å². The molecule has 3 N–H and O–H groups in total. The average molecular weight is 701 g/mol. The van der Waals surface area contributed by atoms with Crippen LogP contribution in [0.4, 0.5) is 11.4 Å². The van der Waals surface area contributed by atoms with Crippen molar-refractivity contribution < 1.29 is 29.0 Å². The fourth-order valence-corrected chi connectivity index (χ4v) is 13.0. The number of nitrogens with zero attached hydrogens (tertiary/aromatic N) is 2. The minimum Gasteiger partial charge on any atom is -0.508 e. The monoisotopic (exact) mass is 700 g/mol. The van der Waals surface area contributed by atoms with Crippen molar-refractivity contribution in [3.05, 3.63) is 101 Å². The van der Waals surface area contributed by atoms with Crippen LogP contribution in [0.3, 0.4) is 0 Å². The van der Waals surface area contributed by atoms with E-state index < -0.39 is 27.6 Å². The number of fused-ring (bicyclic) bond motifs is 2. The summed E-state index contributed by atoms with van der Waals surface area (Å²) in [5.74, 6) is -1.02. The summed E-state index contributed by atoms with van der Waals surface area (Å²) >= 11 is 0. The Labute approximate surface area is 303 Å². The lowest BCUT2D eigenvalue weighted by Gasteiger charge is -2.53. The number of hydrogen-bond acceptors (Lipinski definition) is 9. The number of carbonyl (C=O) groups is 3. The predicted octanol–water partition coefficient (Wildman–Crippen LogP) is 5.24. The van der Waals surface area contributed by atoms with E-state index in [4.69, 9.17) is 9.47 Å². The molecule has 2 aromatic carbocycles. The number of methoxy groups -OCH3 is 2. The smallest absolute Gasteiger partial charge is 0.335 e. The number of ether oxygens (including phenoxy) is 2. The number of para-hydroxylation sites is 1. The first kappa shape index (κ1) is 32.0. The summed E-state index contributed by atoms with van der Waals surface area (Å²) in [4.78, 5) is 47.0. The number of hydrogen-bond donors (Lipinski definition) is 3. The third-order valence-electron chi connectivity index (χ3n) is 14.8. The van der Waals surface area contributed by atoms with Crippen LogP contribution in [0.15, 0.2) is 84.6 Å². The van der Waals surface area contributed by atoms with Gasteiger partial charge in [-0.2, -0.15) is 0 Å². The number of nitrogens with one attached hydrogen (secondary N) is 2. The number of amides is 1. The van der Waals surface area contributed by atoms with E-state index in [0.29, 0.717) is 25.0 Å². The van der Waals surface area contributed by atoms with Gasteiger partial charge >= 0.3 is 11.9 Å².